The Morgan fingerprint density at radius 2 is 1.84 bits per heavy atom. The molecular formula is C17H24O2. The van der Waals surface area contributed by atoms with E-state index < -0.39 is 0 Å². The highest BCUT2D eigenvalue weighted by Crippen LogP contribution is 2.27. The molecule has 2 rings (SSSR count). The van der Waals surface area contributed by atoms with Gasteiger partial charge in [0.25, 0.3) is 0 Å². The molecule has 104 valence electrons. The van der Waals surface area contributed by atoms with Gasteiger partial charge in [-0.3, -0.25) is 4.79 Å². The highest BCUT2D eigenvalue weighted by atomic mass is 16.5. The van der Waals surface area contributed by atoms with E-state index in [0.717, 1.165) is 11.5 Å². The monoisotopic (exact) mass is 260 g/mol. The highest BCUT2D eigenvalue weighted by Gasteiger charge is 2.16. The summed E-state index contributed by atoms with van der Waals surface area (Å²) in [6.45, 7) is 1.89. The van der Waals surface area contributed by atoms with Crippen molar-refractivity contribution in [1.29, 1.82) is 0 Å². The van der Waals surface area contributed by atoms with Crippen LogP contribution in [0.1, 0.15) is 56.1 Å². The summed E-state index contributed by atoms with van der Waals surface area (Å²) in [4.78, 5) is 11.5. The second-order valence-corrected chi connectivity index (χ2v) is 5.69. The van der Waals surface area contributed by atoms with Crippen molar-refractivity contribution in [2.45, 2.75) is 51.4 Å². The molecule has 2 heteroatoms. The van der Waals surface area contributed by atoms with Gasteiger partial charge >= 0.3 is 5.97 Å². The van der Waals surface area contributed by atoms with Crippen molar-refractivity contribution in [2.24, 2.45) is 5.92 Å². The Kier molecular flexibility index (Phi) is 5.00. The van der Waals surface area contributed by atoms with Crippen molar-refractivity contribution in [1.82, 2.24) is 0 Å². The number of hydrogen-bond donors (Lipinski definition) is 0. The van der Waals surface area contributed by atoms with Gasteiger partial charge in [0.05, 0.1) is 13.0 Å². The predicted octanol–water partition coefficient (Wildman–Crippen LogP) is 4.09. The molecule has 1 aliphatic rings. The van der Waals surface area contributed by atoms with E-state index >= 15 is 0 Å². The van der Waals surface area contributed by atoms with Crippen LogP contribution in [0.15, 0.2) is 24.3 Å². The maximum atomic E-state index is 11.5. The van der Waals surface area contributed by atoms with Gasteiger partial charge in [-0.15, -0.1) is 0 Å². The number of ether oxygens (including phenoxy) is 1. The van der Waals surface area contributed by atoms with Crippen molar-refractivity contribution in [3.8, 4) is 0 Å². The van der Waals surface area contributed by atoms with E-state index in [4.69, 9.17) is 4.74 Å². The molecule has 19 heavy (non-hydrogen) atoms. The molecule has 1 aromatic carbocycles. The van der Waals surface area contributed by atoms with E-state index in [1.807, 2.05) is 6.92 Å². The average Bonchev–Trinajstić information content (AvgIpc) is 2.47. The highest BCUT2D eigenvalue weighted by molar-refractivity contribution is 5.77. The van der Waals surface area contributed by atoms with Crippen LogP contribution in [-0.4, -0.2) is 13.1 Å². The van der Waals surface area contributed by atoms with Crippen LogP contribution >= 0.6 is 0 Å². The summed E-state index contributed by atoms with van der Waals surface area (Å²) in [7, 11) is 1.44. The summed E-state index contributed by atoms with van der Waals surface area (Å²) in [6.07, 6.45) is 8.13. The molecule has 0 saturated heterocycles. The predicted molar refractivity (Wildman–Crippen MR) is 77.2 cm³/mol. The lowest BCUT2D eigenvalue weighted by atomic mass is 9.84. The van der Waals surface area contributed by atoms with Crippen LogP contribution in [0.4, 0.5) is 0 Å². The number of carbonyl (C=O) groups excluding carboxylic acids is 1. The van der Waals surface area contributed by atoms with Gasteiger partial charge in [0.1, 0.15) is 0 Å². The van der Waals surface area contributed by atoms with Crippen molar-refractivity contribution in [2.75, 3.05) is 7.11 Å². The summed E-state index contributed by atoms with van der Waals surface area (Å²) in [5, 5.41) is 0. The Hall–Kier alpha value is -1.31. The molecule has 0 radical (unpaired) electrons. The van der Waals surface area contributed by atoms with Gasteiger partial charge in [-0.05, 0) is 30.4 Å². The number of carbonyl (C=O) groups is 1. The summed E-state index contributed by atoms with van der Waals surface area (Å²) >= 11 is 0. The molecule has 1 fully saturated rings. The molecule has 0 unspecified atom stereocenters. The third-order valence-electron chi connectivity index (χ3n) is 4.28. The summed E-state index contributed by atoms with van der Waals surface area (Å²) < 4.78 is 4.78. The zero-order valence-corrected chi connectivity index (χ0v) is 12.0. The van der Waals surface area contributed by atoms with Crippen molar-refractivity contribution in [3.63, 3.8) is 0 Å². The minimum Gasteiger partial charge on any atom is -0.469 e. The van der Waals surface area contributed by atoms with Crippen molar-refractivity contribution in [3.05, 3.63) is 35.4 Å². The van der Waals surface area contributed by atoms with Gasteiger partial charge < -0.3 is 4.74 Å². The molecule has 0 N–H and O–H groups in total. The molecule has 1 aromatic rings. The average molecular weight is 260 g/mol. The topological polar surface area (TPSA) is 26.3 Å². The molecular weight excluding hydrogens is 236 g/mol. The molecule has 0 heterocycles. The minimum atomic E-state index is -0.172. The number of benzene rings is 1. The maximum Gasteiger partial charge on any atom is 0.312 e. The van der Waals surface area contributed by atoms with E-state index in [0.29, 0.717) is 0 Å². The lowest BCUT2D eigenvalue weighted by Crippen LogP contribution is -2.11. The Balaban J connectivity index is 1.95. The molecule has 0 aliphatic heterocycles. The fourth-order valence-electron chi connectivity index (χ4n) is 2.98. The van der Waals surface area contributed by atoms with E-state index in [-0.39, 0.29) is 11.9 Å². The first-order valence-corrected chi connectivity index (χ1v) is 7.37. The van der Waals surface area contributed by atoms with Crippen LogP contribution in [0.25, 0.3) is 0 Å². The van der Waals surface area contributed by atoms with Crippen LogP contribution in [0.5, 0.6) is 0 Å². The summed E-state index contributed by atoms with van der Waals surface area (Å²) in [5.41, 5.74) is 2.44. The van der Waals surface area contributed by atoms with Crippen LogP contribution in [0, 0.1) is 5.92 Å². The number of esters is 1. The Bertz CT molecular complexity index is 402. The zero-order chi connectivity index (χ0) is 13.7. The van der Waals surface area contributed by atoms with Crippen molar-refractivity contribution < 1.29 is 9.53 Å². The van der Waals surface area contributed by atoms with E-state index in [2.05, 4.69) is 24.3 Å². The van der Waals surface area contributed by atoms with E-state index in [9.17, 15) is 4.79 Å². The van der Waals surface area contributed by atoms with Crippen LogP contribution in [0.2, 0.25) is 0 Å². The van der Waals surface area contributed by atoms with Crippen molar-refractivity contribution >= 4 is 5.97 Å². The molecule has 1 aliphatic carbocycles. The first kappa shape index (κ1) is 14.1. The zero-order valence-electron chi connectivity index (χ0n) is 12.0. The number of rotatable bonds is 4. The van der Waals surface area contributed by atoms with Gasteiger partial charge in [0, 0.05) is 0 Å². The third kappa shape index (κ3) is 3.82. The minimum absolute atomic E-state index is 0.167. The van der Waals surface area contributed by atoms with E-state index in [1.54, 1.807) is 0 Å². The lowest BCUT2D eigenvalue weighted by Gasteiger charge is -2.21. The fourth-order valence-corrected chi connectivity index (χ4v) is 2.98. The molecule has 1 saturated carbocycles. The van der Waals surface area contributed by atoms with Crippen LogP contribution < -0.4 is 0 Å². The molecule has 0 bridgehead atoms. The first-order chi connectivity index (χ1) is 9.20. The Morgan fingerprint density at radius 3 is 2.42 bits per heavy atom. The smallest absolute Gasteiger partial charge is 0.312 e. The van der Waals surface area contributed by atoms with Gasteiger partial charge in [-0.2, -0.15) is 0 Å². The quantitative estimate of drug-likeness (QED) is 0.762. The Morgan fingerprint density at radius 1 is 1.21 bits per heavy atom. The first-order valence-electron chi connectivity index (χ1n) is 7.37. The largest absolute Gasteiger partial charge is 0.469 e. The summed E-state index contributed by atoms with van der Waals surface area (Å²) in [5.74, 6) is 0.520. The number of methoxy groups -OCH3 is 1. The van der Waals surface area contributed by atoms with Gasteiger partial charge in [0.15, 0.2) is 0 Å². The van der Waals surface area contributed by atoms with Crippen LogP contribution in [-0.2, 0) is 16.0 Å². The van der Waals surface area contributed by atoms with E-state index in [1.165, 1.54) is 51.2 Å². The second-order valence-electron chi connectivity index (χ2n) is 5.69. The fraction of sp³-hybridized carbons (Fsp3) is 0.588. The van der Waals surface area contributed by atoms with Gasteiger partial charge in [0.2, 0.25) is 0 Å². The normalized spacial score (nSPS) is 18.0. The summed E-state index contributed by atoms with van der Waals surface area (Å²) in [6, 6.07) is 8.48. The Labute approximate surface area is 116 Å². The standard InChI is InChI=1S/C17H24O2/c1-13(17(18)19-2)16-10-8-15(9-11-16)12-14-6-4-3-5-7-14/h8-11,13-14H,3-7,12H2,1-2H3/t13-/m1/s1. The maximum absolute atomic E-state index is 11.5. The molecule has 0 spiro atoms. The van der Waals surface area contributed by atoms with Gasteiger partial charge in [-0.25, -0.2) is 0 Å². The second kappa shape index (κ2) is 6.74. The SMILES string of the molecule is COC(=O)[C@H](C)c1ccc(CC2CCCCC2)cc1. The third-order valence-corrected chi connectivity index (χ3v) is 4.28. The lowest BCUT2D eigenvalue weighted by molar-refractivity contribution is -0.141. The molecule has 1 atom stereocenters. The molecule has 0 aromatic heterocycles. The molecule has 0 amide bonds. The van der Waals surface area contributed by atoms with Gasteiger partial charge in [-0.1, -0.05) is 56.4 Å². The molecule has 2 nitrogen and oxygen atoms in total. The van der Waals surface area contributed by atoms with Crippen LogP contribution in [0.3, 0.4) is 0 Å². The number of hydrogen-bond acceptors (Lipinski definition) is 2.